The van der Waals surface area contributed by atoms with E-state index < -0.39 is 40.6 Å². The van der Waals surface area contributed by atoms with Crippen LogP contribution in [0.1, 0.15) is 27.7 Å². The highest BCUT2D eigenvalue weighted by Crippen LogP contribution is 2.33. The van der Waals surface area contributed by atoms with Crippen molar-refractivity contribution in [1.29, 1.82) is 0 Å². The van der Waals surface area contributed by atoms with Gasteiger partial charge in [-0.2, -0.15) is 0 Å². The number of rotatable bonds is 6. The Labute approximate surface area is 162 Å². The molecular formula is C17H16FN3O6S. The van der Waals surface area contributed by atoms with Crippen molar-refractivity contribution in [2.45, 2.75) is 20.8 Å². The number of amides is 2. The van der Waals surface area contributed by atoms with E-state index in [1.54, 1.807) is 13.8 Å². The maximum absolute atomic E-state index is 13.7. The average Bonchev–Trinajstić information content (AvgIpc) is 2.87. The number of nitro groups is 1. The fourth-order valence-electron chi connectivity index (χ4n) is 2.23. The van der Waals surface area contributed by atoms with Crippen molar-refractivity contribution in [3.8, 4) is 0 Å². The van der Waals surface area contributed by atoms with Crippen LogP contribution in [0, 0.1) is 29.8 Å². The largest absolute Gasteiger partial charge is 0.452 e. The molecule has 0 radical (unpaired) electrons. The van der Waals surface area contributed by atoms with Crippen molar-refractivity contribution in [2.75, 3.05) is 17.2 Å². The third-order valence-electron chi connectivity index (χ3n) is 3.65. The van der Waals surface area contributed by atoms with Crippen LogP contribution < -0.4 is 10.6 Å². The van der Waals surface area contributed by atoms with Gasteiger partial charge in [0.25, 0.3) is 11.6 Å². The molecule has 1 heterocycles. The highest BCUT2D eigenvalue weighted by molar-refractivity contribution is 7.16. The van der Waals surface area contributed by atoms with E-state index >= 15 is 0 Å². The summed E-state index contributed by atoms with van der Waals surface area (Å²) in [4.78, 5) is 46.4. The number of benzene rings is 1. The molecule has 2 aromatic rings. The second-order valence-corrected chi connectivity index (χ2v) is 6.94. The molecule has 0 bridgehead atoms. The molecule has 0 aliphatic rings. The Morgan fingerprint density at radius 3 is 2.54 bits per heavy atom. The number of nitro benzene ring substituents is 1. The number of thiophene rings is 1. The molecule has 28 heavy (non-hydrogen) atoms. The van der Waals surface area contributed by atoms with Crippen molar-refractivity contribution < 1.29 is 28.4 Å². The van der Waals surface area contributed by atoms with Crippen LogP contribution in [-0.2, 0) is 14.3 Å². The zero-order valence-corrected chi connectivity index (χ0v) is 15.9. The van der Waals surface area contributed by atoms with E-state index in [0.29, 0.717) is 10.6 Å². The molecule has 0 saturated carbocycles. The molecule has 0 fully saturated rings. The summed E-state index contributed by atoms with van der Waals surface area (Å²) in [5.74, 6) is -2.95. The van der Waals surface area contributed by atoms with Gasteiger partial charge in [-0.05, 0) is 25.5 Å². The van der Waals surface area contributed by atoms with Gasteiger partial charge < -0.3 is 15.4 Å². The minimum atomic E-state index is -0.876. The summed E-state index contributed by atoms with van der Waals surface area (Å²) in [7, 11) is 0. The lowest BCUT2D eigenvalue weighted by Gasteiger charge is -2.09. The van der Waals surface area contributed by atoms with E-state index in [2.05, 4.69) is 10.6 Å². The van der Waals surface area contributed by atoms with E-state index in [-0.39, 0.29) is 11.5 Å². The Bertz CT molecular complexity index is 972. The molecule has 1 aromatic heterocycles. The van der Waals surface area contributed by atoms with Gasteiger partial charge in [0.2, 0.25) is 5.91 Å². The lowest BCUT2D eigenvalue weighted by atomic mass is 10.1. The Balaban J connectivity index is 2.08. The van der Waals surface area contributed by atoms with Crippen LogP contribution in [0.15, 0.2) is 18.2 Å². The molecule has 9 nitrogen and oxygen atoms in total. The number of aryl methyl sites for hydroxylation is 1. The highest BCUT2D eigenvalue weighted by Gasteiger charge is 2.22. The van der Waals surface area contributed by atoms with Crippen molar-refractivity contribution in [2.24, 2.45) is 0 Å². The molecule has 148 valence electrons. The van der Waals surface area contributed by atoms with Gasteiger partial charge in [0.15, 0.2) is 6.61 Å². The number of ether oxygens (including phenoxy) is 1. The van der Waals surface area contributed by atoms with Gasteiger partial charge in [0.1, 0.15) is 10.8 Å². The number of hydrogen-bond donors (Lipinski definition) is 2. The molecule has 1 aromatic carbocycles. The zero-order valence-electron chi connectivity index (χ0n) is 15.1. The van der Waals surface area contributed by atoms with Crippen molar-refractivity contribution >= 4 is 45.5 Å². The number of anilines is 2. The number of esters is 1. The molecule has 0 aliphatic heterocycles. The zero-order chi connectivity index (χ0) is 21.0. The molecule has 2 rings (SSSR count). The molecule has 0 aliphatic carbocycles. The van der Waals surface area contributed by atoms with Crippen molar-refractivity contribution in [1.82, 2.24) is 0 Å². The first-order valence-electron chi connectivity index (χ1n) is 7.88. The van der Waals surface area contributed by atoms with Gasteiger partial charge in [-0.1, -0.05) is 0 Å². The Morgan fingerprint density at radius 2 is 1.93 bits per heavy atom. The van der Waals surface area contributed by atoms with Gasteiger partial charge in [-0.15, -0.1) is 11.3 Å². The molecule has 0 spiro atoms. The summed E-state index contributed by atoms with van der Waals surface area (Å²) < 4.78 is 18.6. The van der Waals surface area contributed by atoms with Crippen LogP contribution >= 0.6 is 11.3 Å². The second kappa shape index (κ2) is 8.57. The van der Waals surface area contributed by atoms with Crippen LogP contribution in [0.5, 0.6) is 0 Å². The van der Waals surface area contributed by atoms with Crippen LogP contribution in [0.25, 0.3) is 0 Å². The van der Waals surface area contributed by atoms with Gasteiger partial charge in [-0.25, -0.2) is 9.18 Å². The Hall–Kier alpha value is -3.34. The van der Waals surface area contributed by atoms with E-state index in [0.717, 1.165) is 23.1 Å². The summed E-state index contributed by atoms with van der Waals surface area (Å²) in [5.41, 5.74) is -0.0781. The van der Waals surface area contributed by atoms with E-state index in [9.17, 15) is 28.9 Å². The highest BCUT2D eigenvalue weighted by atomic mass is 32.1. The normalized spacial score (nSPS) is 10.3. The minimum Gasteiger partial charge on any atom is -0.452 e. The summed E-state index contributed by atoms with van der Waals surface area (Å²) in [6.07, 6.45) is 0. The standard InChI is InChI=1S/C17H16FN3O6S/c1-8-9(2)28-16(19-10(3)22)15(8)17(24)27-7-14(23)20-13-6-11(21(25)26)4-5-12(13)18/h4-6H,7H2,1-3H3,(H,19,22)(H,20,23). The maximum Gasteiger partial charge on any atom is 0.341 e. The smallest absolute Gasteiger partial charge is 0.341 e. The summed E-state index contributed by atoms with van der Waals surface area (Å²) in [6.45, 7) is 3.99. The number of non-ortho nitro benzene ring substituents is 1. The van der Waals surface area contributed by atoms with Crippen LogP contribution in [0.2, 0.25) is 0 Å². The average molecular weight is 409 g/mol. The Kier molecular flexibility index (Phi) is 6.41. The third-order valence-corrected chi connectivity index (χ3v) is 4.77. The monoisotopic (exact) mass is 409 g/mol. The van der Waals surface area contributed by atoms with E-state index in [1.807, 2.05) is 0 Å². The fraction of sp³-hybridized carbons (Fsp3) is 0.235. The quantitative estimate of drug-likeness (QED) is 0.428. The van der Waals surface area contributed by atoms with Crippen molar-refractivity contribution in [3.63, 3.8) is 0 Å². The summed E-state index contributed by atoms with van der Waals surface area (Å²) in [6, 6.07) is 2.66. The van der Waals surface area contributed by atoms with Gasteiger partial charge in [0, 0.05) is 23.9 Å². The predicted octanol–water partition coefficient (Wildman–Crippen LogP) is 3.17. The molecule has 2 amide bonds. The summed E-state index contributed by atoms with van der Waals surface area (Å²) in [5, 5.41) is 15.7. The fourth-order valence-corrected chi connectivity index (χ4v) is 3.33. The first-order chi connectivity index (χ1) is 13.1. The number of halogens is 1. The lowest BCUT2D eigenvalue weighted by molar-refractivity contribution is -0.384. The molecule has 0 unspecified atom stereocenters. The molecular weight excluding hydrogens is 393 g/mol. The maximum atomic E-state index is 13.7. The van der Waals surface area contributed by atoms with Crippen LogP contribution in [0.4, 0.5) is 20.8 Å². The number of nitrogens with zero attached hydrogens (tertiary/aromatic N) is 1. The van der Waals surface area contributed by atoms with Crippen LogP contribution in [-0.4, -0.2) is 29.3 Å². The lowest BCUT2D eigenvalue weighted by Crippen LogP contribution is -2.22. The first kappa shape index (κ1) is 21.0. The van der Waals surface area contributed by atoms with Gasteiger partial charge in [0.05, 0.1) is 16.2 Å². The molecule has 2 N–H and O–H groups in total. The molecule has 0 saturated heterocycles. The molecule has 11 heteroatoms. The van der Waals surface area contributed by atoms with E-state index in [4.69, 9.17) is 4.74 Å². The minimum absolute atomic E-state index is 0.132. The number of carbonyl (C=O) groups is 3. The summed E-state index contributed by atoms with van der Waals surface area (Å²) >= 11 is 1.19. The SMILES string of the molecule is CC(=O)Nc1sc(C)c(C)c1C(=O)OCC(=O)Nc1cc([N+](=O)[O-])ccc1F. The topological polar surface area (TPSA) is 128 Å². The van der Waals surface area contributed by atoms with Gasteiger partial charge in [-0.3, -0.25) is 19.7 Å². The first-order valence-corrected chi connectivity index (χ1v) is 8.70. The second-order valence-electron chi connectivity index (χ2n) is 5.71. The molecule has 0 atom stereocenters. The van der Waals surface area contributed by atoms with Crippen LogP contribution in [0.3, 0.4) is 0 Å². The third kappa shape index (κ3) is 4.88. The number of carbonyl (C=O) groups excluding carboxylic acids is 3. The Morgan fingerprint density at radius 1 is 1.25 bits per heavy atom. The van der Waals surface area contributed by atoms with E-state index in [1.165, 1.54) is 18.3 Å². The van der Waals surface area contributed by atoms with Crippen molar-refractivity contribution in [3.05, 3.63) is 50.1 Å². The number of hydrogen-bond acceptors (Lipinski definition) is 7. The number of nitrogens with one attached hydrogen (secondary N) is 2. The van der Waals surface area contributed by atoms with Gasteiger partial charge >= 0.3 is 5.97 Å². The predicted molar refractivity (Wildman–Crippen MR) is 100 cm³/mol.